The summed E-state index contributed by atoms with van der Waals surface area (Å²) < 4.78 is 0.0255. The van der Waals surface area contributed by atoms with Crippen LogP contribution in [0, 0.1) is 0 Å². The first-order valence-electron chi connectivity index (χ1n) is 1.85. The lowest BCUT2D eigenvalue weighted by atomic mass is 10.8. The van der Waals surface area contributed by atoms with Gasteiger partial charge in [0.25, 0.3) is 0 Å². The molecule has 0 amide bonds. The van der Waals surface area contributed by atoms with Crippen molar-refractivity contribution >= 4 is 28.3 Å². The van der Waals surface area contributed by atoms with Crippen LogP contribution in [0.1, 0.15) is 6.92 Å². The van der Waals surface area contributed by atoms with Gasteiger partial charge in [0.1, 0.15) is 4.32 Å². The zero-order chi connectivity index (χ0) is 6.78. The summed E-state index contributed by atoms with van der Waals surface area (Å²) in [5, 5.41) is 15.3. The van der Waals surface area contributed by atoms with Gasteiger partial charge in [0.05, 0.1) is 0 Å². The number of nitrogens with two attached hydrogens (primary N) is 1. The van der Waals surface area contributed by atoms with E-state index in [1.807, 2.05) is 0 Å². The lowest BCUT2D eigenvalue weighted by Gasteiger charge is -2.11. The van der Waals surface area contributed by atoms with Crippen LogP contribution in [0.2, 0.25) is 0 Å². The van der Waals surface area contributed by atoms with Crippen molar-refractivity contribution in [2.75, 3.05) is 0 Å². The van der Waals surface area contributed by atoms with Crippen LogP contribution in [0.15, 0.2) is 0 Å². The quantitative estimate of drug-likeness (QED) is 0.354. The summed E-state index contributed by atoms with van der Waals surface area (Å²) >= 11 is 5.00. The van der Waals surface area contributed by atoms with E-state index >= 15 is 0 Å². The summed E-state index contributed by atoms with van der Waals surface area (Å²) in [5.74, 6) is 0. The van der Waals surface area contributed by atoms with Crippen molar-refractivity contribution in [3.8, 4) is 0 Å². The Morgan fingerprint density at radius 3 is 2.12 bits per heavy atom. The number of hydrogen-bond acceptors (Lipinski definition) is 4. The van der Waals surface area contributed by atoms with E-state index in [0.29, 0.717) is 11.8 Å². The smallest absolute Gasteiger partial charge is 0.216 e. The predicted molar refractivity (Wildman–Crippen MR) is 37.2 cm³/mol. The molecule has 0 aromatic rings. The molecule has 0 saturated carbocycles. The fraction of sp³-hybridized carbons (Fsp3) is 0.667. The van der Waals surface area contributed by atoms with E-state index in [-0.39, 0.29) is 4.32 Å². The molecule has 0 aliphatic heterocycles. The lowest BCUT2D eigenvalue weighted by Crippen LogP contribution is -2.22. The van der Waals surface area contributed by atoms with Crippen molar-refractivity contribution in [3.63, 3.8) is 0 Å². The van der Waals surface area contributed by atoms with Gasteiger partial charge in [0.15, 0.2) is 0 Å². The summed E-state index contributed by atoms with van der Waals surface area (Å²) in [7, 11) is 0. The van der Waals surface area contributed by atoms with Crippen molar-refractivity contribution in [2.45, 2.75) is 12.0 Å². The fourth-order valence-electron chi connectivity index (χ4n) is 0.191. The van der Waals surface area contributed by atoms with Crippen LogP contribution in [-0.4, -0.2) is 19.7 Å². The highest BCUT2D eigenvalue weighted by Gasteiger charge is 2.16. The van der Waals surface area contributed by atoms with E-state index in [0.717, 1.165) is 0 Å². The molecule has 0 bridgehead atoms. The maximum atomic E-state index is 8.54. The second-order valence-corrected chi connectivity index (χ2v) is 3.47. The highest BCUT2D eigenvalue weighted by Crippen LogP contribution is 2.16. The molecule has 0 rings (SSSR count). The van der Waals surface area contributed by atoms with Gasteiger partial charge in [-0.3, -0.25) is 0 Å². The largest absolute Gasteiger partial charge is 0.384 e. The number of rotatable bonds is 1. The highest BCUT2D eigenvalue weighted by atomic mass is 32.2. The van der Waals surface area contributed by atoms with Crippen molar-refractivity contribution in [2.24, 2.45) is 5.73 Å². The second kappa shape index (κ2) is 2.63. The molecule has 0 aromatic carbocycles. The van der Waals surface area contributed by atoms with Crippen molar-refractivity contribution in [1.82, 2.24) is 0 Å². The summed E-state index contributed by atoms with van der Waals surface area (Å²) in [6.07, 6.45) is 0. The minimum atomic E-state index is -1.83. The zero-order valence-corrected chi connectivity index (χ0v) is 5.92. The molecular formula is C3H7NO2S2. The third-order valence-corrected chi connectivity index (χ3v) is 1.13. The molecule has 5 heteroatoms. The first-order valence-corrected chi connectivity index (χ1v) is 3.07. The molecule has 0 aromatic heterocycles. The summed E-state index contributed by atoms with van der Waals surface area (Å²) in [4.78, 5) is 0. The maximum absolute atomic E-state index is 8.54. The van der Waals surface area contributed by atoms with Gasteiger partial charge < -0.3 is 15.9 Å². The zero-order valence-electron chi connectivity index (χ0n) is 4.29. The van der Waals surface area contributed by atoms with E-state index in [9.17, 15) is 0 Å². The Morgan fingerprint density at radius 2 is 2.12 bits per heavy atom. The Bertz CT molecular complexity index is 97.9. The Balaban J connectivity index is 3.55. The highest BCUT2D eigenvalue weighted by molar-refractivity contribution is 8.23. The molecule has 0 fully saturated rings. The van der Waals surface area contributed by atoms with Gasteiger partial charge >= 0.3 is 0 Å². The van der Waals surface area contributed by atoms with Crippen LogP contribution >= 0.6 is 24.0 Å². The Kier molecular flexibility index (Phi) is 2.68. The van der Waals surface area contributed by atoms with E-state index < -0.39 is 5.12 Å². The lowest BCUT2D eigenvalue weighted by molar-refractivity contribution is -0.0578. The molecule has 0 unspecified atom stereocenters. The van der Waals surface area contributed by atoms with Crippen molar-refractivity contribution in [1.29, 1.82) is 0 Å². The number of hydrogen-bond donors (Lipinski definition) is 3. The predicted octanol–water partition coefficient (Wildman–Crippen LogP) is -0.379. The molecule has 0 atom stereocenters. The van der Waals surface area contributed by atoms with Gasteiger partial charge in [-0.2, -0.15) is 0 Å². The summed E-state index contributed by atoms with van der Waals surface area (Å²) in [5.41, 5.74) is 4.95. The van der Waals surface area contributed by atoms with Crippen LogP contribution < -0.4 is 5.73 Å². The van der Waals surface area contributed by atoms with Gasteiger partial charge in [0, 0.05) is 6.92 Å². The van der Waals surface area contributed by atoms with Gasteiger partial charge in [-0.15, -0.1) is 0 Å². The first-order chi connectivity index (χ1) is 3.42. The number of thioether (sulfide) groups is 1. The first kappa shape index (κ1) is 8.16. The average molecular weight is 153 g/mol. The van der Waals surface area contributed by atoms with Crippen LogP contribution in [0.5, 0.6) is 0 Å². The Hall–Kier alpha value is 0.160. The SMILES string of the molecule is CC(O)(O)SC(N)=S. The van der Waals surface area contributed by atoms with Crippen molar-refractivity contribution in [3.05, 3.63) is 0 Å². The third kappa shape index (κ3) is 6.16. The third-order valence-electron chi connectivity index (χ3n) is 0.294. The van der Waals surface area contributed by atoms with Crippen LogP contribution in [0.4, 0.5) is 0 Å². The summed E-state index contributed by atoms with van der Waals surface area (Å²) in [6, 6.07) is 0. The van der Waals surface area contributed by atoms with Crippen LogP contribution in [-0.2, 0) is 0 Å². The molecule has 0 aliphatic rings. The normalized spacial score (nSPS) is 11.4. The second-order valence-electron chi connectivity index (χ2n) is 1.36. The topological polar surface area (TPSA) is 66.5 Å². The molecule has 0 aliphatic carbocycles. The molecule has 3 nitrogen and oxygen atoms in total. The van der Waals surface area contributed by atoms with Gasteiger partial charge in [-0.1, -0.05) is 12.2 Å². The number of aliphatic hydroxyl groups is 2. The van der Waals surface area contributed by atoms with Crippen molar-refractivity contribution < 1.29 is 10.2 Å². The monoisotopic (exact) mass is 153 g/mol. The maximum Gasteiger partial charge on any atom is 0.216 e. The number of thiocarbonyl (C=S) groups is 1. The van der Waals surface area contributed by atoms with Gasteiger partial charge in [0.2, 0.25) is 5.12 Å². The van der Waals surface area contributed by atoms with Gasteiger partial charge in [-0.25, -0.2) is 0 Å². The molecule has 0 radical (unpaired) electrons. The molecule has 8 heavy (non-hydrogen) atoms. The van der Waals surface area contributed by atoms with E-state index in [2.05, 4.69) is 12.2 Å². The molecule has 0 saturated heterocycles. The van der Waals surface area contributed by atoms with E-state index in [1.165, 1.54) is 6.92 Å². The molecule has 48 valence electrons. The standard InChI is InChI=1S/C3H7NO2S2/c1-3(5,6)8-2(4)7/h5-6H,1H3,(H2,4,7). The van der Waals surface area contributed by atoms with Crippen LogP contribution in [0.25, 0.3) is 0 Å². The van der Waals surface area contributed by atoms with Gasteiger partial charge in [-0.05, 0) is 11.8 Å². The van der Waals surface area contributed by atoms with Crippen LogP contribution in [0.3, 0.4) is 0 Å². The molecule has 0 spiro atoms. The Labute approximate surface area is 56.9 Å². The van der Waals surface area contributed by atoms with E-state index in [4.69, 9.17) is 15.9 Å². The average Bonchev–Trinajstić information content (AvgIpc) is 1.21. The fourth-order valence-corrected chi connectivity index (χ4v) is 1.05. The van der Waals surface area contributed by atoms with E-state index in [1.54, 1.807) is 0 Å². The molecule has 0 heterocycles. The minimum absolute atomic E-state index is 0.0255. The molecular weight excluding hydrogens is 146 g/mol. The Morgan fingerprint density at radius 1 is 1.75 bits per heavy atom. The summed E-state index contributed by atoms with van der Waals surface area (Å²) in [6.45, 7) is 1.19. The minimum Gasteiger partial charge on any atom is -0.384 e. The molecule has 4 N–H and O–H groups in total.